The van der Waals surface area contributed by atoms with Gasteiger partial charge in [0.1, 0.15) is 5.82 Å². The average Bonchev–Trinajstić information content (AvgIpc) is 3.33. The number of fused-ring (bicyclic) bond motifs is 2. The smallest absolute Gasteiger partial charge is 0.161 e. The SMILES string of the molecule is OCc1cc2ccc(-c3nccc(Nc4ccc5[nH]ncc5c4)n3)cc2[nH]1. The van der Waals surface area contributed by atoms with Crippen LogP contribution in [0.5, 0.6) is 0 Å². The van der Waals surface area contributed by atoms with Crippen molar-refractivity contribution in [1.82, 2.24) is 25.1 Å². The van der Waals surface area contributed by atoms with Crippen LogP contribution in [0.4, 0.5) is 11.5 Å². The zero-order chi connectivity index (χ0) is 18.2. The Hall–Kier alpha value is -3.71. The number of nitrogens with zero attached hydrogens (tertiary/aromatic N) is 3. The van der Waals surface area contributed by atoms with Gasteiger partial charge in [-0.15, -0.1) is 0 Å². The van der Waals surface area contributed by atoms with Gasteiger partial charge in [0.15, 0.2) is 5.82 Å². The number of aromatic amines is 2. The molecule has 5 aromatic rings. The summed E-state index contributed by atoms with van der Waals surface area (Å²) in [5.41, 5.74) is 4.56. The van der Waals surface area contributed by atoms with Gasteiger partial charge in [-0.05, 0) is 41.8 Å². The van der Waals surface area contributed by atoms with Crippen LogP contribution in [-0.2, 0) is 6.61 Å². The Balaban J connectivity index is 1.47. The van der Waals surface area contributed by atoms with E-state index >= 15 is 0 Å². The second-order valence-electron chi connectivity index (χ2n) is 6.32. The zero-order valence-corrected chi connectivity index (χ0v) is 14.3. The van der Waals surface area contributed by atoms with Gasteiger partial charge in [0.25, 0.3) is 0 Å². The Morgan fingerprint density at radius 2 is 1.93 bits per heavy atom. The molecule has 0 saturated heterocycles. The highest BCUT2D eigenvalue weighted by Gasteiger charge is 2.07. The van der Waals surface area contributed by atoms with Crippen molar-refractivity contribution in [3.63, 3.8) is 0 Å². The number of nitrogens with one attached hydrogen (secondary N) is 3. The highest BCUT2D eigenvalue weighted by Crippen LogP contribution is 2.25. The lowest BCUT2D eigenvalue weighted by molar-refractivity contribution is 0.278. The van der Waals surface area contributed by atoms with E-state index in [0.717, 1.165) is 38.8 Å². The quantitative estimate of drug-likeness (QED) is 0.393. The monoisotopic (exact) mass is 356 g/mol. The number of anilines is 2. The summed E-state index contributed by atoms with van der Waals surface area (Å²) in [6.45, 7) is -0.0130. The molecule has 0 spiro atoms. The number of hydrogen-bond donors (Lipinski definition) is 4. The van der Waals surface area contributed by atoms with Gasteiger partial charge in [-0.1, -0.05) is 12.1 Å². The fourth-order valence-corrected chi connectivity index (χ4v) is 3.15. The van der Waals surface area contributed by atoms with Crippen molar-refractivity contribution in [3.05, 3.63) is 66.6 Å². The second kappa shape index (κ2) is 6.22. The molecule has 0 fully saturated rings. The minimum absolute atomic E-state index is 0.0130. The Morgan fingerprint density at radius 1 is 0.963 bits per heavy atom. The number of H-pyrrole nitrogens is 2. The van der Waals surface area contributed by atoms with E-state index in [4.69, 9.17) is 0 Å². The minimum Gasteiger partial charge on any atom is -0.390 e. The van der Waals surface area contributed by atoms with Crippen molar-refractivity contribution in [2.45, 2.75) is 6.61 Å². The molecule has 0 saturated carbocycles. The largest absolute Gasteiger partial charge is 0.390 e. The number of aliphatic hydroxyl groups excluding tert-OH is 1. The maximum atomic E-state index is 9.28. The van der Waals surface area contributed by atoms with Gasteiger partial charge in [-0.25, -0.2) is 9.97 Å². The van der Waals surface area contributed by atoms with E-state index in [0.29, 0.717) is 11.6 Å². The first-order chi connectivity index (χ1) is 13.3. The third kappa shape index (κ3) is 2.90. The minimum atomic E-state index is -0.0130. The van der Waals surface area contributed by atoms with Gasteiger partial charge in [-0.3, -0.25) is 5.10 Å². The van der Waals surface area contributed by atoms with Crippen molar-refractivity contribution < 1.29 is 5.11 Å². The van der Waals surface area contributed by atoms with E-state index in [1.165, 1.54) is 0 Å². The van der Waals surface area contributed by atoms with E-state index in [9.17, 15) is 5.11 Å². The van der Waals surface area contributed by atoms with Gasteiger partial charge in [0, 0.05) is 34.0 Å². The number of benzene rings is 2. The number of aromatic nitrogens is 5. The summed E-state index contributed by atoms with van der Waals surface area (Å²) in [5, 5.41) is 21.7. The maximum Gasteiger partial charge on any atom is 0.161 e. The van der Waals surface area contributed by atoms with Crippen LogP contribution in [0.25, 0.3) is 33.2 Å². The Labute approximate surface area is 154 Å². The Bertz CT molecular complexity index is 1260. The van der Waals surface area contributed by atoms with Crippen LogP contribution < -0.4 is 5.32 Å². The zero-order valence-electron chi connectivity index (χ0n) is 14.3. The van der Waals surface area contributed by atoms with Crippen molar-refractivity contribution in [3.8, 4) is 11.4 Å². The van der Waals surface area contributed by atoms with Crippen molar-refractivity contribution in [1.29, 1.82) is 0 Å². The summed E-state index contributed by atoms with van der Waals surface area (Å²) in [6.07, 6.45) is 3.53. The first-order valence-electron chi connectivity index (χ1n) is 8.54. The molecule has 3 heterocycles. The summed E-state index contributed by atoms with van der Waals surface area (Å²) >= 11 is 0. The molecule has 0 bridgehead atoms. The highest BCUT2D eigenvalue weighted by molar-refractivity contribution is 5.85. The first kappa shape index (κ1) is 15.5. The summed E-state index contributed by atoms with van der Waals surface area (Å²) in [6, 6.07) is 15.7. The fraction of sp³-hybridized carbons (Fsp3) is 0.0500. The van der Waals surface area contributed by atoms with E-state index < -0.39 is 0 Å². The van der Waals surface area contributed by atoms with Crippen molar-refractivity contribution in [2.24, 2.45) is 0 Å². The maximum absolute atomic E-state index is 9.28. The summed E-state index contributed by atoms with van der Waals surface area (Å²) in [4.78, 5) is 12.2. The molecule has 7 nitrogen and oxygen atoms in total. The molecule has 0 aliphatic carbocycles. The molecule has 0 unspecified atom stereocenters. The van der Waals surface area contributed by atoms with E-state index in [1.807, 2.05) is 48.5 Å². The van der Waals surface area contributed by atoms with Crippen LogP contribution in [0.3, 0.4) is 0 Å². The van der Waals surface area contributed by atoms with Crippen molar-refractivity contribution in [2.75, 3.05) is 5.32 Å². The van der Waals surface area contributed by atoms with Gasteiger partial charge in [0.05, 0.1) is 18.3 Å². The molecule has 0 aliphatic heterocycles. The van der Waals surface area contributed by atoms with Gasteiger partial charge < -0.3 is 15.4 Å². The number of rotatable bonds is 4. The van der Waals surface area contributed by atoms with E-state index in [1.54, 1.807) is 12.4 Å². The van der Waals surface area contributed by atoms with Crippen LogP contribution in [-0.4, -0.2) is 30.3 Å². The molecular formula is C20H16N6O. The predicted molar refractivity (Wildman–Crippen MR) is 105 cm³/mol. The summed E-state index contributed by atoms with van der Waals surface area (Å²) in [5.74, 6) is 1.34. The van der Waals surface area contributed by atoms with Gasteiger partial charge >= 0.3 is 0 Å². The van der Waals surface area contributed by atoms with Crippen molar-refractivity contribution >= 4 is 33.3 Å². The molecule has 132 valence electrons. The van der Waals surface area contributed by atoms with Crippen LogP contribution in [0.2, 0.25) is 0 Å². The van der Waals surface area contributed by atoms with Crippen LogP contribution in [0.1, 0.15) is 5.69 Å². The van der Waals surface area contributed by atoms with Crippen LogP contribution in [0, 0.1) is 0 Å². The Morgan fingerprint density at radius 3 is 2.85 bits per heavy atom. The van der Waals surface area contributed by atoms with E-state index in [-0.39, 0.29) is 6.61 Å². The lowest BCUT2D eigenvalue weighted by atomic mass is 10.1. The fourth-order valence-electron chi connectivity index (χ4n) is 3.15. The molecule has 7 heteroatoms. The lowest BCUT2D eigenvalue weighted by Crippen LogP contribution is -1.96. The second-order valence-corrected chi connectivity index (χ2v) is 6.32. The molecule has 0 aliphatic rings. The molecule has 5 rings (SSSR count). The Kier molecular flexibility index (Phi) is 3.58. The summed E-state index contributed by atoms with van der Waals surface area (Å²) < 4.78 is 0. The molecule has 3 aromatic heterocycles. The molecular weight excluding hydrogens is 340 g/mol. The lowest BCUT2D eigenvalue weighted by Gasteiger charge is -2.07. The predicted octanol–water partition coefficient (Wildman–Crippen LogP) is 3.74. The third-order valence-corrected chi connectivity index (χ3v) is 4.47. The standard InChI is InChI=1S/C20H16N6O/c27-11-16-7-12-1-2-13(9-18(12)23-16)20-21-6-5-19(25-20)24-15-3-4-17-14(8-15)10-22-26-17/h1-10,23,27H,11H2,(H,22,26)(H,21,24,25). The van der Waals surface area contributed by atoms with Gasteiger partial charge in [0.2, 0.25) is 0 Å². The van der Waals surface area contributed by atoms with Crippen LogP contribution in [0.15, 0.2) is 60.9 Å². The third-order valence-electron chi connectivity index (χ3n) is 4.47. The van der Waals surface area contributed by atoms with Gasteiger partial charge in [-0.2, -0.15) is 5.10 Å². The number of hydrogen-bond acceptors (Lipinski definition) is 5. The highest BCUT2D eigenvalue weighted by atomic mass is 16.3. The molecule has 0 atom stereocenters. The molecule has 2 aromatic carbocycles. The first-order valence-corrected chi connectivity index (χ1v) is 8.54. The average molecular weight is 356 g/mol. The molecule has 27 heavy (non-hydrogen) atoms. The molecule has 4 N–H and O–H groups in total. The van der Waals surface area contributed by atoms with Crippen LogP contribution >= 0.6 is 0 Å². The van der Waals surface area contributed by atoms with E-state index in [2.05, 4.69) is 30.5 Å². The molecule has 0 radical (unpaired) electrons. The number of aliphatic hydroxyl groups is 1. The summed E-state index contributed by atoms with van der Waals surface area (Å²) in [7, 11) is 0. The topological polar surface area (TPSA) is 103 Å². The normalized spacial score (nSPS) is 11.3. The molecule has 0 amide bonds.